The van der Waals surface area contributed by atoms with Crippen LogP contribution in [-0.2, 0) is 49.3 Å². The van der Waals surface area contributed by atoms with Crippen LogP contribution in [0.5, 0.6) is 0 Å². The summed E-state index contributed by atoms with van der Waals surface area (Å²) < 4.78 is 29.0. The molecule has 1 N–H and O–H groups in total. The molecule has 0 radical (unpaired) electrons. The lowest BCUT2D eigenvalue weighted by Gasteiger charge is -2.45. The van der Waals surface area contributed by atoms with Gasteiger partial charge in [-0.2, -0.15) is 0 Å². The predicted octanol–water partition coefficient (Wildman–Crippen LogP) is 3.04. The van der Waals surface area contributed by atoms with E-state index in [0.717, 1.165) is 40.8 Å². The van der Waals surface area contributed by atoms with Gasteiger partial charge in [0.25, 0.3) is 0 Å². The SMILES string of the molecule is CC(=O)N[C@@H]1[C@@H](OC(C)=O)[C@H](OC(C)=O)[C@@H](COC(C)=O)O[C@H]1n1nncc1C(=O)OCCc1ccc(C(C)C)cc2c(C)ccc1-2. The fraction of sp³-hybridized carbons (Fsp3) is 0.485. The lowest BCUT2D eigenvalue weighted by molar-refractivity contribution is -0.239. The Morgan fingerprint density at radius 2 is 1.62 bits per heavy atom. The third-order valence-corrected chi connectivity index (χ3v) is 7.74. The third-order valence-electron chi connectivity index (χ3n) is 7.74. The normalized spacial score (nSPS) is 20.8. The van der Waals surface area contributed by atoms with Crippen LogP contribution < -0.4 is 5.32 Å². The molecule has 252 valence electrons. The largest absolute Gasteiger partial charge is 0.463 e. The van der Waals surface area contributed by atoms with Gasteiger partial charge in [-0.25, -0.2) is 9.48 Å². The highest BCUT2D eigenvalue weighted by atomic mass is 16.6. The van der Waals surface area contributed by atoms with Crippen LogP contribution in [-0.4, -0.2) is 82.3 Å². The molecule has 1 fully saturated rings. The van der Waals surface area contributed by atoms with Crippen LogP contribution in [0.4, 0.5) is 0 Å². The Labute approximate surface area is 272 Å². The summed E-state index contributed by atoms with van der Waals surface area (Å²) in [6, 6.07) is 9.21. The van der Waals surface area contributed by atoms with E-state index in [4.69, 9.17) is 23.7 Å². The number of carbonyl (C=O) groups excluding carboxylic acids is 5. The minimum absolute atomic E-state index is 0.0324. The molecule has 0 aromatic carbocycles. The number of hydrogen-bond acceptors (Lipinski definition) is 12. The zero-order chi connectivity index (χ0) is 34.4. The van der Waals surface area contributed by atoms with Crippen LogP contribution >= 0.6 is 0 Å². The summed E-state index contributed by atoms with van der Waals surface area (Å²) in [5.41, 5.74) is 5.44. The van der Waals surface area contributed by atoms with E-state index in [1.807, 2.05) is 6.07 Å². The molecule has 0 unspecified atom stereocenters. The molecule has 1 amide bonds. The predicted molar refractivity (Wildman–Crippen MR) is 165 cm³/mol. The Bertz CT molecular complexity index is 1600. The molecule has 0 spiro atoms. The average Bonchev–Trinajstić information content (AvgIpc) is 3.56. The van der Waals surface area contributed by atoms with Gasteiger partial charge in [-0.3, -0.25) is 19.2 Å². The fourth-order valence-electron chi connectivity index (χ4n) is 5.57. The van der Waals surface area contributed by atoms with Crippen LogP contribution in [0.25, 0.3) is 11.1 Å². The first-order valence-electron chi connectivity index (χ1n) is 15.3. The van der Waals surface area contributed by atoms with Gasteiger partial charge in [-0.05, 0) is 40.7 Å². The quantitative estimate of drug-likeness (QED) is 0.237. The first-order chi connectivity index (χ1) is 22.3. The summed E-state index contributed by atoms with van der Waals surface area (Å²) in [6.45, 7) is 10.6. The van der Waals surface area contributed by atoms with E-state index in [1.54, 1.807) is 0 Å². The van der Waals surface area contributed by atoms with Crippen molar-refractivity contribution < 1.29 is 47.7 Å². The van der Waals surface area contributed by atoms with Crippen LogP contribution in [0.2, 0.25) is 0 Å². The van der Waals surface area contributed by atoms with Crippen molar-refractivity contribution in [1.29, 1.82) is 0 Å². The minimum Gasteiger partial charge on any atom is -0.463 e. The van der Waals surface area contributed by atoms with E-state index in [0.29, 0.717) is 12.3 Å². The molecule has 1 aromatic rings. The van der Waals surface area contributed by atoms with Crippen molar-refractivity contribution in [2.24, 2.45) is 0 Å². The molecule has 1 aliphatic heterocycles. The van der Waals surface area contributed by atoms with Crippen molar-refractivity contribution in [1.82, 2.24) is 20.3 Å². The van der Waals surface area contributed by atoms with Crippen molar-refractivity contribution in [3.05, 3.63) is 58.9 Å². The van der Waals surface area contributed by atoms with Gasteiger partial charge in [0.15, 0.2) is 24.1 Å². The maximum Gasteiger partial charge on any atom is 0.358 e. The van der Waals surface area contributed by atoms with Gasteiger partial charge < -0.3 is 29.0 Å². The molecule has 0 saturated carbocycles. The Hall–Kier alpha value is -4.85. The summed E-state index contributed by atoms with van der Waals surface area (Å²) in [5.74, 6) is -3.13. The maximum atomic E-state index is 13.4. The van der Waals surface area contributed by atoms with Crippen molar-refractivity contribution in [2.75, 3.05) is 13.2 Å². The van der Waals surface area contributed by atoms with E-state index in [2.05, 4.69) is 60.7 Å². The number of amides is 1. The van der Waals surface area contributed by atoms with Crippen LogP contribution in [0.3, 0.4) is 0 Å². The second-order valence-corrected chi connectivity index (χ2v) is 11.7. The van der Waals surface area contributed by atoms with Gasteiger partial charge >= 0.3 is 23.9 Å². The van der Waals surface area contributed by atoms with E-state index in [-0.39, 0.29) is 12.3 Å². The fourth-order valence-corrected chi connectivity index (χ4v) is 5.57. The van der Waals surface area contributed by atoms with Crippen molar-refractivity contribution in [3.8, 4) is 11.1 Å². The lowest BCUT2D eigenvalue weighted by atomic mass is 9.95. The molecular formula is C33H40N4O10. The Morgan fingerprint density at radius 1 is 0.915 bits per heavy atom. The standard InChI is InChI=1S/C33H40N4O10/c1-17(2)24-10-9-23(25-11-8-18(3)26(25)14-24)12-13-43-33(42)27-15-34-36-37(27)32-29(35-19(4)38)31(46-22(7)41)30(45-21(6)40)28(47-32)16-44-20(5)39/h8-11,14-15,17,28-32H,12-13,16H2,1-7H3,(H,35,38)/t28-,29-,30-,31-,32-/m1/s1. The zero-order valence-electron chi connectivity index (χ0n) is 27.5. The number of aromatic nitrogens is 3. The Kier molecular flexibility index (Phi) is 11.3. The van der Waals surface area contributed by atoms with Crippen molar-refractivity contribution >= 4 is 29.8 Å². The molecule has 1 aromatic heterocycles. The second kappa shape index (κ2) is 15.2. The molecule has 14 nitrogen and oxygen atoms in total. The van der Waals surface area contributed by atoms with Gasteiger partial charge in [0, 0.05) is 34.1 Å². The smallest absolute Gasteiger partial charge is 0.358 e. The molecule has 14 heteroatoms. The molecular weight excluding hydrogens is 612 g/mol. The maximum absolute atomic E-state index is 13.4. The lowest BCUT2D eigenvalue weighted by Crippen LogP contribution is -2.64. The number of rotatable bonds is 11. The summed E-state index contributed by atoms with van der Waals surface area (Å²) in [4.78, 5) is 61.7. The number of fused-ring (bicyclic) bond motifs is 1. The summed E-state index contributed by atoms with van der Waals surface area (Å²) in [5, 5.41) is 10.5. The molecule has 47 heavy (non-hydrogen) atoms. The third kappa shape index (κ3) is 8.50. The number of hydrogen-bond donors (Lipinski definition) is 1. The van der Waals surface area contributed by atoms with E-state index < -0.39 is 67.0 Å². The molecule has 1 saturated heterocycles. The highest BCUT2D eigenvalue weighted by molar-refractivity contribution is 5.87. The molecule has 4 rings (SSSR count). The number of carbonyl (C=O) groups is 5. The number of nitrogens with zero attached hydrogens (tertiary/aromatic N) is 3. The van der Waals surface area contributed by atoms with Crippen LogP contribution in [0.1, 0.15) is 80.9 Å². The second-order valence-electron chi connectivity index (χ2n) is 11.7. The van der Waals surface area contributed by atoms with E-state index in [9.17, 15) is 24.0 Å². The number of nitrogens with one attached hydrogen (secondary N) is 1. The summed E-state index contributed by atoms with van der Waals surface area (Å²) >= 11 is 0. The van der Waals surface area contributed by atoms with Gasteiger partial charge in [0.2, 0.25) is 5.91 Å². The van der Waals surface area contributed by atoms with Gasteiger partial charge in [0.05, 0.1) is 12.8 Å². The monoisotopic (exact) mass is 652 g/mol. The van der Waals surface area contributed by atoms with E-state index >= 15 is 0 Å². The Balaban J connectivity index is 1.62. The average molecular weight is 653 g/mol. The highest BCUT2D eigenvalue weighted by Gasteiger charge is 2.52. The molecule has 0 bridgehead atoms. The van der Waals surface area contributed by atoms with Gasteiger partial charge in [-0.15, -0.1) is 5.10 Å². The minimum atomic E-state index is -1.34. The van der Waals surface area contributed by atoms with Crippen LogP contribution in [0, 0.1) is 6.92 Å². The highest BCUT2D eigenvalue weighted by Crippen LogP contribution is 2.34. The summed E-state index contributed by atoms with van der Waals surface area (Å²) in [7, 11) is 0. The molecule has 2 aliphatic carbocycles. The molecule has 2 heterocycles. The topological polar surface area (TPSA) is 174 Å². The van der Waals surface area contributed by atoms with E-state index in [1.165, 1.54) is 25.6 Å². The first-order valence-corrected chi connectivity index (χ1v) is 15.3. The Morgan fingerprint density at radius 3 is 2.26 bits per heavy atom. The number of aryl methyl sites for hydroxylation is 1. The summed E-state index contributed by atoms with van der Waals surface area (Å²) in [6.07, 6.45) is -3.57. The van der Waals surface area contributed by atoms with Crippen molar-refractivity contribution in [2.45, 2.75) is 91.4 Å². The number of ether oxygens (including phenoxy) is 5. The first kappa shape index (κ1) is 35.0. The van der Waals surface area contributed by atoms with Gasteiger partial charge in [-0.1, -0.05) is 49.4 Å². The number of esters is 4. The van der Waals surface area contributed by atoms with Gasteiger partial charge in [0.1, 0.15) is 18.8 Å². The zero-order valence-corrected chi connectivity index (χ0v) is 27.5. The van der Waals surface area contributed by atoms with Crippen molar-refractivity contribution in [3.63, 3.8) is 0 Å². The van der Waals surface area contributed by atoms with Crippen LogP contribution in [0.15, 0.2) is 36.5 Å². The molecule has 5 atom stereocenters. The molecule has 3 aliphatic rings.